The molecule has 1 aliphatic rings. The molecule has 1 N–H and O–H groups in total. The molecule has 0 radical (unpaired) electrons. The fraction of sp³-hybridized carbons (Fsp3) is 0.526. The van der Waals surface area contributed by atoms with Crippen LogP contribution < -0.4 is 10.2 Å². The van der Waals surface area contributed by atoms with Crippen LogP contribution >= 0.6 is 0 Å². The van der Waals surface area contributed by atoms with Crippen LogP contribution in [0, 0.1) is 5.92 Å². The van der Waals surface area contributed by atoms with Gasteiger partial charge in [-0.05, 0) is 57.1 Å². The molecule has 7 heteroatoms. The zero-order chi connectivity index (χ0) is 19.1. The topological polar surface area (TPSA) is 79.0 Å². The normalized spacial score (nSPS) is 15.3. The highest BCUT2D eigenvalue weighted by Crippen LogP contribution is 2.19. The van der Waals surface area contributed by atoms with Crippen LogP contribution in [0.25, 0.3) is 0 Å². The minimum absolute atomic E-state index is 0.0481. The lowest BCUT2D eigenvalue weighted by molar-refractivity contribution is -0.149. The lowest BCUT2D eigenvalue weighted by atomic mass is 9.97. The van der Waals surface area contributed by atoms with E-state index in [9.17, 15) is 14.4 Å². The van der Waals surface area contributed by atoms with Crippen molar-refractivity contribution in [2.24, 2.45) is 5.92 Å². The molecule has 1 fully saturated rings. The highest BCUT2D eigenvalue weighted by molar-refractivity contribution is 5.93. The molecule has 1 aliphatic heterocycles. The number of rotatable bonds is 6. The standard InChI is InChI=1S/C19H27N3O4/c1-4-26-19(25)15-9-11-22(12-10-15)13-18(24)20-16-5-7-17(8-6-16)21(3)14(2)23/h5-8,15H,4,9-13H2,1-3H3,(H,20,24). The number of nitrogens with one attached hydrogen (secondary N) is 1. The van der Waals surface area contributed by atoms with E-state index in [-0.39, 0.29) is 23.7 Å². The number of carbonyl (C=O) groups is 3. The van der Waals surface area contributed by atoms with Crippen LogP contribution in [0.5, 0.6) is 0 Å². The third-order valence-electron chi connectivity index (χ3n) is 4.59. The average Bonchev–Trinajstić information content (AvgIpc) is 2.62. The number of likely N-dealkylation sites (tertiary alicyclic amines) is 1. The lowest BCUT2D eigenvalue weighted by Gasteiger charge is -2.30. The first kappa shape index (κ1) is 19.9. The van der Waals surface area contributed by atoms with E-state index in [2.05, 4.69) is 5.32 Å². The molecule has 1 saturated heterocycles. The predicted molar refractivity (Wildman–Crippen MR) is 100.0 cm³/mol. The summed E-state index contributed by atoms with van der Waals surface area (Å²) in [7, 11) is 1.70. The quantitative estimate of drug-likeness (QED) is 0.783. The summed E-state index contributed by atoms with van der Waals surface area (Å²) >= 11 is 0. The second kappa shape index (κ2) is 9.33. The maximum atomic E-state index is 12.2. The van der Waals surface area contributed by atoms with E-state index >= 15 is 0 Å². The van der Waals surface area contributed by atoms with Gasteiger partial charge in [-0.25, -0.2) is 0 Å². The highest BCUT2D eigenvalue weighted by Gasteiger charge is 2.26. The van der Waals surface area contributed by atoms with Crippen LogP contribution in [0.15, 0.2) is 24.3 Å². The molecular weight excluding hydrogens is 334 g/mol. The van der Waals surface area contributed by atoms with Crippen LogP contribution in [0.3, 0.4) is 0 Å². The number of amides is 2. The van der Waals surface area contributed by atoms with E-state index in [1.54, 1.807) is 36.2 Å². The molecule has 0 saturated carbocycles. The number of ether oxygens (including phenoxy) is 1. The Hall–Kier alpha value is -2.41. The van der Waals surface area contributed by atoms with Gasteiger partial charge in [-0.3, -0.25) is 19.3 Å². The Bertz CT molecular complexity index is 637. The van der Waals surface area contributed by atoms with Crippen molar-refractivity contribution in [3.05, 3.63) is 24.3 Å². The number of esters is 1. The molecule has 2 rings (SSSR count). The van der Waals surface area contributed by atoms with Crippen molar-refractivity contribution >= 4 is 29.2 Å². The maximum Gasteiger partial charge on any atom is 0.309 e. The van der Waals surface area contributed by atoms with Crippen molar-refractivity contribution in [1.29, 1.82) is 0 Å². The van der Waals surface area contributed by atoms with Crippen LogP contribution in [-0.2, 0) is 19.1 Å². The second-order valence-corrected chi connectivity index (χ2v) is 6.48. The maximum absolute atomic E-state index is 12.2. The van der Waals surface area contributed by atoms with E-state index in [0.29, 0.717) is 31.9 Å². The first-order valence-corrected chi connectivity index (χ1v) is 8.94. The van der Waals surface area contributed by atoms with E-state index in [0.717, 1.165) is 18.5 Å². The first-order valence-electron chi connectivity index (χ1n) is 8.94. The fourth-order valence-electron chi connectivity index (χ4n) is 2.94. The number of piperidine rings is 1. The summed E-state index contributed by atoms with van der Waals surface area (Å²) < 4.78 is 5.06. The molecule has 0 spiro atoms. The van der Waals surface area contributed by atoms with Crippen molar-refractivity contribution in [3.8, 4) is 0 Å². The number of hydrogen-bond donors (Lipinski definition) is 1. The predicted octanol–water partition coefficient (Wildman–Crippen LogP) is 1.88. The van der Waals surface area contributed by atoms with E-state index in [1.165, 1.54) is 6.92 Å². The minimum atomic E-state index is -0.132. The van der Waals surface area contributed by atoms with Gasteiger partial charge in [0, 0.05) is 25.3 Å². The van der Waals surface area contributed by atoms with Crippen LogP contribution in [-0.4, -0.2) is 56.0 Å². The van der Waals surface area contributed by atoms with Crippen molar-refractivity contribution in [2.75, 3.05) is 43.5 Å². The molecule has 7 nitrogen and oxygen atoms in total. The third-order valence-corrected chi connectivity index (χ3v) is 4.59. The molecule has 1 heterocycles. The Morgan fingerprint density at radius 3 is 2.35 bits per heavy atom. The molecule has 0 bridgehead atoms. The molecule has 1 aromatic rings. The molecule has 26 heavy (non-hydrogen) atoms. The van der Waals surface area contributed by atoms with Gasteiger partial charge in [-0.1, -0.05) is 0 Å². The van der Waals surface area contributed by atoms with Gasteiger partial charge in [-0.2, -0.15) is 0 Å². The minimum Gasteiger partial charge on any atom is -0.466 e. The Morgan fingerprint density at radius 2 is 1.81 bits per heavy atom. The summed E-state index contributed by atoms with van der Waals surface area (Å²) in [6.07, 6.45) is 1.44. The van der Waals surface area contributed by atoms with Gasteiger partial charge in [0.1, 0.15) is 0 Å². The number of benzene rings is 1. The zero-order valence-electron chi connectivity index (χ0n) is 15.7. The van der Waals surface area contributed by atoms with Crippen LogP contribution in [0.1, 0.15) is 26.7 Å². The smallest absolute Gasteiger partial charge is 0.309 e. The summed E-state index contributed by atoms with van der Waals surface area (Å²) in [5.41, 5.74) is 1.47. The molecule has 0 atom stereocenters. The summed E-state index contributed by atoms with van der Waals surface area (Å²) in [6, 6.07) is 7.14. The molecule has 2 amide bonds. The number of anilines is 2. The van der Waals surface area contributed by atoms with E-state index in [1.807, 2.05) is 11.8 Å². The van der Waals surface area contributed by atoms with Crippen molar-refractivity contribution in [1.82, 2.24) is 4.90 Å². The Labute approximate surface area is 154 Å². The summed E-state index contributed by atoms with van der Waals surface area (Å²) in [6.45, 7) is 5.43. The van der Waals surface area contributed by atoms with E-state index in [4.69, 9.17) is 4.74 Å². The highest BCUT2D eigenvalue weighted by atomic mass is 16.5. The molecule has 0 aliphatic carbocycles. The molecule has 0 unspecified atom stereocenters. The number of hydrogen-bond acceptors (Lipinski definition) is 5. The Kier molecular flexibility index (Phi) is 7.15. The van der Waals surface area contributed by atoms with Gasteiger partial charge in [0.2, 0.25) is 11.8 Å². The van der Waals surface area contributed by atoms with Gasteiger partial charge < -0.3 is 15.0 Å². The van der Waals surface area contributed by atoms with Crippen LogP contribution in [0.2, 0.25) is 0 Å². The molecule has 142 valence electrons. The third kappa shape index (κ3) is 5.56. The zero-order valence-corrected chi connectivity index (χ0v) is 15.7. The van der Waals surface area contributed by atoms with Gasteiger partial charge in [0.15, 0.2) is 0 Å². The van der Waals surface area contributed by atoms with E-state index < -0.39 is 0 Å². The summed E-state index contributed by atoms with van der Waals surface area (Å²) in [4.78, 5) is 38.9. The summed E-state index contributed by atoms with van der Waals surface area (Å²) in [5.74, 6) is -0.326. The second-order valence-electron chi connectivity index (χ2n) is 6.48. The molecule has 1 aromatic carbocycles. The van der Waals surface area contributed by atoms with Gasteiger partial charge >= 0.3 is 5.97 Å². The lowest BCUT2D eigenvalue weighted by Crippen LogP contribution is -2.41. The monoisotopic (exact) mass is 361 g/mol. The Morgan fingerprint density at radius 1 is 1.19 bits per heavy atom. The van der Waals surface area contributed by atoms with Gasteiger partial charge in [-0.15, -0.1) is 0 Å². The van der Waals surface area contributed by atoms with Crippen LogP contribution in [0.4, 0.5) is 11.4 Å². The molecular formula is C19H27N3O4. The van der Waals surface area contributed by atoms with Crippen molar-refractivity contribution in [3.63, 3.8) is 0 Å². The van der Waals surface area contributed by atoms with Gasteiger partial charge in [0.05, 0.1) is 19.1 Å². The number of carbonyl (C=O) groups excluding carboxylic acids is 3. The Balaban J connectivity index is 1.79. The molecule has 0 aromatic heterocycles. The van der Waals surface area contributed by atoms with Crippen molar-refractivity contribution < 1.29 is 19.1 Å². The SMILES string of the molecule is CCOC(=O)C1CCN(CC(=O)Nc2ccc(N(C)C(C)=O)cc2)CC1. The number of nitrogens with zero attached hydrogens (tertiary/aromatic N) is 2. The first-order chi connectivity index (χ1) is 12.4. The largest absolute Gasteiger partial charge is 0.466 e. The summed E-state index contributed by atoms with van der Waals surface area (Å²) in [5, 5.41) is 2.86. The average molecular weight is 361 g/mol. The van der Waals surface area contributed by atoms with Crippen molar-refractivity contribution in [2.45, 2.75) is 26.7 Å². The van der Waals surface area contributed by atoms with Gasteiger partial charge in [0.25, 0.3) is 0 Å². The fourth-order valence-corrected chi connectivity index (χ4v) is 2.94.